The Balaban J connectivity index is 1.85. The summed E-state index contributed by atoms with van der Waals surface area (Å²) < 4.78 is 0. The molecule has 100 valence electrons. The van der Waals surface area contributed by atoms with Gasteiger partial charge in [-0.05, 0) is 57.7 Å². The lowest BCUT2D eigenvalue weighted by atomic mass is 9.76. The molecule has 0 aromatic carbocycles. The van der Waals surface area contributed by atoms with E-state index in [0.717, 1.165) is 24.5 Å². The number of nitrogens with one attached hydrogen (secondary N) is 1. The monoisotopic (exact) mass is 238 g/mol. The highest BCUT2D eigenvalue weighted by atomic mass is 15.2. The zero-order valence-corrected chi connectivity index (χ0v) is 11.8. The Labute approximate surface area is 107 Å². The first-order chi connectivity index (χ1) is 8.36. The lowest BCUT2D eigenvalue weighted by molar-refractivity contribution is 0.00450. The quantitative estimate of drug-likeness (QED) is 0.765. The number of piperidine rings is 1. The summed E-state index contributed by atoms with van der Waals surface area (Å²) in [5.41, 5.74) is 0. The molecule has 1 saturated carbocycles. The van der Waals surface area contributed by atoms with E-state index in [1.807, 2.05) is 0 Å². The lowest BCUT2D eigenvalue weighted by Crippen LogP contribution is -2.55. The van der Waals surface area contributed by atoms with Crippen LogP contribution in [0.5, 0.6) is 0 Å². The van der Waals surface area contributed by atoms with Gasteiger partial charge in [0.05, 0.1) is 0 Å². The van der Waals surface area contributed by atoms with E-state index in [9.17, 15) is 0 Å². The van der Waals surface area contributed by atoms with E-state index in [4.69, 9.17) is 0 Å². The van der Waals surface area contributed by atoms with Crippen molar-refractivity contribution in [2.75, 3.05) is 19.6 Å². The van der Waals surface area contributed by atoms with Gasteiger partial charge in [-0.1, -0.05) is 26.7 Å². The van der Waals surface area contributed by atoms with E-state index in [1.54, 1.807) is 0 Å². The molecule has 1 saturated heterocycles. The standard InChI is InChI=1S/C15H30N2/c1-3-7-14-8-5-6-11-17(14)15-10-9-13(15)12-16-4-2/h13-16H,3-12H2,1-2H3. The average molecular weight is 238 g/mol. The first-order valence-electron chi connectivity index (χ1n) is 7.83. The van der Waals surface area contributed by atoms with Crippen molar-refractivity contribution in [2.45, 2.75) is 70.9 Å². The summed E-state index contributed by atoms with van der Waals surface area (Å²) in [6.45, 7) is 8.30. The fourth-order valence-electron chi connectivity index (χ4n) is 3.66. The normalized spacial score (nSPS) is 34.6. The Kier molecular flexibility index (Phi) is 5.30. The van der Waals surface area contributed by atoms with Gasteiger partial charge in [0.25, 0.3) is 0 Å². The van der Waals surface area contributed by atoms with Crippen LogP contribution in [0.15, 0.2) is 0 Å². The number of rotatable bonds is 6. The van der Waals surface area contributed by atoms with Crippen LogP contribution >= 0.6 is 0 Å². The van der Waals surface area contributed by atoms with Gasteiger partial charge in [0.15, 0.2) is 0 Å². The molecule has 2 fully saturated rings. The van der Waals surface area contributed by atoms with Gasteiger partial charge in [-0.3, -0.25) is 4.90 Å². The molecule has 1 aliphatic heterocycles. The second-order valence-corrected chi connectivity index (χ2v) is 5.89. The van der Waals surface area contributed by atoms with Gasteiger partial charge in [-0.15, -0.1) is 0 Å². The Morgan fingerprint density at radius 3 is 2.65 bits per heavy atom. The zero-order chi connectivity index (χ0) is 12.1. The van der Waals surface area contributed by atoms with Gasteiger partial charge in [-0.25, -0.2) is 0 Å². The number of nitrogens with zero attached hydrogens (tertiary/aromatic N) is 1. The van der Waals surface area contributed by atoms with Crippen LogP contribution in [0.3, 0.4) is 0 Å². The first kappa shape index (κ1) is 13.4. The molecular weight excluding hydrogens is 208 g/mol. The number of hydrogen-bond donors (Lipinski definition) is 1. The van der Waals surface area contributed by atoms with E-state index in [1.165, 1.54) is 58.0 Å². The minimum absolute atomic E-state index is 0.906. The van der Waals surface area contributed by atoms with Crippen LogP contribution in [0.25, 0.3) is 0 Å². The van der Waals surface area contributed by atoms with Crippen LogP contribution in [0.4, 0.5) is 0 Å². The summed E-state index contributed by atoms with van der Waals surface area (Å²) in [6.07, 6.45) is 10.0. The summed E-state index contributed by atoms with van der Waals surface area (Å²) in [5.74, 6) is 0.937. The Hall–Kier alpha value is -0.0800. The maximum absolute atomic E-state index is 3.54. The molecule has 0 aromatic rings. The largest absolute Gasteiger partial charge is 0.317 e. The molecule has 3 unspecified atom stereocenters. The molecule has 17 heavy (non-hydrogen) atoms. The highest BCUT2D eigenvalue weighted by Crippen LogP contribution is 2.36. The van der Waals surface area contributed by atoms with Crippen molar-refractivity contribution in [3.05, 3.63) is 0 Å². The van der Waals surface area contributed by atoms with E-state index in [0.29, 0.717) is 0 Å². The minimum Gasteiger partial charge on any atom is -0.317 e. The summed E-state index contributed by atoms with van der Waals surface area (Å²) >= 11 is 0. The highest BCUT2D eigenvalue weighted by molar-refractivity contribution is 4.93. The molecule has 0 amide bonds. The van der Waals surface area contributed by atoms with Gasteiger partial charge in [-0.2, -0.15) is 0 Å². The fraction of sp³-hybridized carbons (Fsp3) is 1.00. The van der Waals surface area contributed by atoms with Crippen LogP contribution in [-0.4, -0.2) is 36.6 Å². The molecule has 1 N–H and O–H groups in total. The van der Waals surface area contributed by atoms with Crippen molar-refractivity contribution in [2.24, 2.45) is 5.92 Å². The van der Waals surface area contributed by atoms with Crippen LogP contribution in [0.1, 0.15) is 58.8 Å². The van der Waals surface area contributed by atoms with Crippen molar-refractivity contribution in [1.29, 1.82) is 0 Å². The molecule has 0 spiro atoms. The summed E-state index contributed by atoms with van der Waals surface area (Å²) in [7, 11) is 0. The third kappa shape index (κ3) is 3.23. The van der Waals surface area contributed by atoms with Crippen LogP contribution < -0.4 is 5.32 Å². The maximum Gasteiger partial charge on any atom is 0.0139 e. The van der Waals surface area contributed by atoms with Crippen molar-refractivity contribution in [3.8, 4) is 0 Å². The molecule has 2 heteroatoms. The van der Waals surface area contributed by atoms with Crippen LogP contribution in [0, 0.1) is 5.92 Å². The Bertz CT molecular complexity index is 215. The van der Waals surface area contributed by atoms with Crippen LogP contribution in [-0.2, 0) is 0 Å². The summed E-state index contributed by atoms with van der Waals surface area (Å²) in [4.78, 5) is 2.87. The Morgan fingerprint density at radius 2 is 2.00 bits per heavy atom. The molecule has 1 heterocycles. The highest BCUT2D eigenvalue weighted by Gasteiger charge is 2.38. The van der Waals surface area contributed by atoms with Gasteiger partial charge >= 0.3 is 0 Å². The van der Waals surface area contributed by atoms with Crippen molar-refractivity contribution in [1.82, 2.24) is 10.2 Å². The summed E-state index contributed by atoms with van der Waals surface area (Å²) in [5, 5.41) is 3.54. The molecule has 0 aromatic heterocycles. The molecule has 0 bridgehead atoms. The number of hydrogen-bond acceptors (Lipinski definition) is 2. The van der Waals surface area contributed by atoms with Crippen molar-refractivity contribution >= 4 is 0 Å². The fourth-order valence-corrected chi connectivity index (χ4v) is 3.66. The van der Waals surface area contributed by atoms with Gasteiger partial charge in [0, 0.05) is 12.1 Å². The third-order valence-corrected chi connectivity index (χ3v) is 4.75. The van der Waals surface area contributed by atoms with E-state index in [-0.39, 0.29) is 0 Å². The van der Waals surface area contributed by atoms with E-state index < -0.39 is 0 Å². The van der Waals surface area contributed by atoms with Gasteiger partial charge in [0.1, 0.15) is 0 Å². The first-order valence-corrected chi connectivity index (χ1v) is 7.83. The predicted molar refractivity (Wildman–Crippen MR) is 74.3 cm³/mol. The molecule has 0 radical (unpaired) electrons. The molecular formula is C15H30N2. The second-order valence-electron chi connectivity index (χ2n) is 5.89. The Morgan fingerprint density at radius 1 is 1.12 bits per heavy atom. The van der Waals surface area contributed by atoms with Crippen LogP contribution in [0.2, 0.25) is 0 Å². The molecule has 1 aliphatic carbocycles. The molecule has 2 nitrogen and oxygen atoms in total. The second kappa shape index (κ2) is 6.75. The zero-order valence-electron chi connectivity index (χ0n) is 11.8. The average Bonchev–Trinajstić information content (AvgIpc) is 2.31. The van der Waals surface area contributed by atoms with E-state index in [2.05, 4.69) is 24.1 Å². The predicted octanol–water partition coefficient (Wildman–Crippen LogP) is 3.03. The smallest absolute Gasteiger partial charge is 0.0139 e. The van der Waals surface area contributed by atoms with E-state index >= 15 is 0 Å². The third-order valence-electron chi connectivity index (χ3n) is 4.75. The molecule has 3 atom stereocenters. The molecule has 2 aliphatic rings. The molecule has 2 rings (SSSR count). The SMILES string of the molecule is CCCC1CCCCN1C1CCC1CNCC. The van der Waals surface area contributed by atoms with Gasteiger partial charge < -0.3 is 5.32 Å². The maximum atomic E-state index is 3.54. The minimum atomic E-state index is 0.906. The lowest BCUT2D eigenvalue weighted by Gasteiger charge is -2.50. The summed E-state index contributed by atoms with van der Waals surface area (Å²) in [6, 6.07) is 1.81. The number of likely N-dealkylation sites (tertiary alicyclic amines) is 1. The van der Waals surface area contributed by atoms with Gasteiger partial charge in [0.2, 0.25) is 0 Å². The topological polar surface area (TPSA) is 15.3 Å². The van der Waals surface area contributed by atoms with Crippen molar-refractivity contribution < 1.29 is 0 Å². The van der Waals surface area contributed by atoms with Crippen molar-refractivity contribution in [3.63, 3.8) is 0 Å².